The molecule has 0 radical (unpaired) electrons. The van der Waals surface area contributed by atoms with E-state index >= 15 is 0 Å². The third-order valence-electron chi connectivity index (χ3n) is 14.0. The van der Waals surface area contributed by atoms with Gasteiger partial charge in [0, 0.05) is 25.7 Å². The lowest BCUT2D eigenvalue weighted by molar-refractivity contribution is -0.182. The number of ether oxygens (including phenoxy) is 4. The lowest BCUT2D eigenvalue weighted by atomic mass is 9.83. The molecule has 0 saturated carbocycles. The quantitative estimate of drug-likeness (QED) is 0.0407. The molecule has 0 aromatic heterocycles. The third-order valence-corrected chi connectivity index (χ3v) is 14.0. The minimum Gasteiger partial charge on any atom is -0.507 e. The highest BCUT2D eigenvalue weighted by atomic mass is 16.6. The summed E-state index contributed by atoms with van der Waals surface area (Å²) < 4.78 is 23.9. The molecule has 12 heteroatoms. The number of esters is 4. The van der Waals surface area contributed by atoms with E-state index in [1.54, 1.807) is 0 Å². The van der Waals surface area contributed by atoms with E-state index in [0.717, 1.165) is 66.8 Å². The van der Waals surface area contributed by atoms with E-state index in [1.165, 1.54) is 0 Å². The maximum absolute atomic E-state index is 14.0. The van der Waals surface area contributed by atoms with Crippen LogP contribution in [-0.2, 0) is 111 Å². The largest absolute Gasteiger partial charge is 0.507 e. The first-order chi connectivity index (χ1) is 35.3. The van der Waals surface area contributed by atoms with Crippen LogP contribution < -0.4 is 0 Å². The molecule has 0 amide bonds. The molecule has 0 saturated heterocycles. The summed E-state index contributed by atoms with van der Waals surface area (Å²) in [5, 5.41) is 44.1. The van der Waals surface area contributed by atoms with Crippen molar-refractivity contribution in [3.8, 4) is 23.0 Å². The summed E-state index contributed by atoms with van der Waals surface area (Å²) in [7, 11) is 0. The molecule has 0 fully saturated rings. The number of phenolic OH excluding ortho intramolecular Hbond substituents is 4. The normalized spacial score (nSPS) is 13.0. The maximum Gasteiger partial charge on any atom is 0.306 e. The summed E-state index contributed by atoms with van der Waals surface area (Å²) >= 11 is 0. The Bertz CT molecular complexity index is 2480. The Morgan fingerprint density at radius 1 is 0.368 bits per heavy atom. The summed E-state index contributed by atoms with van der Waals surface area (Å²) in [6.07, 6.45) is 0.312. The number of benzene rings is 4. The first-order valence-electron chi connectivity index (χ1n) is 27.4. The van der Waals surface area contributed by atoms with Crippen molar-refractivity contribution in [2.75, 3.05) is 13.2 Å². The number of phenols is 4. The van der Waals surface area contributed by atoms with Crippen LogP contribution in [0.3, 0.4) is 0 Å². The second kappa shape index (κ2) is 26.3. The fourth-order valence-corrected chi connectivity index (χ4v) is 9.35. The molecule has 0 aliphatic heterocycles. The Balaban J connectivity index is 1.68. The number of aryl methyl sites for hydroxylation is 8. The zero-order chi connectivity index (χ0) is 57.1. The maximum atomic E-state index is 14.0. The fourth-order valence-electron chi connectivity index (χ4n) is 9.35. The molecule has 0 heterocycles. The van der Waals surface area contributed by atoms with Crippen molar-refractivity contribution in [1.29, 1.82) is 0 Å². The van der Waals surface area contributed by atoms with Gasteiger partial charge in [0.25, 0.3) is 0 Å². The van der Waals surface area contributed by atoms with Crippen molar-refractivity contribution in [1.82, 2.24) is 0 Å². The van der Waals surface area contributed by atoms with Crippen molar-refractivity contribution in [2.24, 2.45) is 0 Å². The van der Waals surface area contributed by atoms with Crippen LogP contribution in [0.25, 0.3) is 0 Å². The van der Waals surface area contributed by atoms with Crippen LogP contribution in [0.1, 0.15) is 203 Å². The van der Waals surface area contributed by atoms with Gasteiger partial charge in [-0.15, -0.1) is 0 Å². The minimum absolute atomic E-state index is 0.0504. The molecule has 0 aliphatic carbocycles. The van der Waals surface area contributed by atoms with Gasteiger partial charge in [0.1, 0.15) is 36.2 Å². The zero-order valence-electron chi connectivity index (χ0n) is 48.7. The molecule has 76 heavy (non-hydrogen) atoms. The predicted octanol–water partition coefficient (Wildman–Crippen LogP) is 12.7. The number of aromatic hydroxyl groups is 4. The van der Waals surface area contributed by atoms with Crippen LogP contribution in [0.5, 0.6) is 23.0 Å². The molecular weight excluding hydrogens is 961 g/mol. The van der Waals surface area contributed by atoms with E-state index in [0.29, 0.717) is 38.5 Å². The lowest BCUT2D eigenvalue weighted by Crippen LogP contribution is -2.42. The summed E-state index contributed by atoms with van der Waals surface area (Å²) in [4.78, 5) is 55.4. The topological polar surface area (TPSA) is 186 Å². The Morgan fingerprint density at radius 2 is 0.579 bits per heavy atom. The molecule has 4 aromatic carbocycles. The van der Waals surface area contributed by atoms with Crippen LogP contribution in [0, 0.1) is 0 Å². The Morgan fingerprint density at radius 3 is 0.776 bits per heavy atom. The Hall–Kier alpha value is -6.04. The highest BCUT2D eigenvalue weighted by molar-refractivity contribution is 5.73. The predicted molar refractivity (Wildman–Crippen MR) is 300 cm³/mol. The van der Waals surface area contributed by atoms with Gasteiger partial charge in [-0.05, 0) is 140 Å². The standard InChI is InChI=1S/C64H90O12/c1-17-43-29-39(33-47(57(43)69)61(5,6)7)21-25-53(65)73-37-51(75-55(67)27-23-41-31-45(19-3)59(71)49(35-41)63(11,12)13)52(76-56(68)28-24-42-32-46(20-4)60(72)50(36-42)64(14,15)16)38-74-54(66)26-22-40-30-44(18-2)58(70)48(34-40)62(8,9)10/h29-36,51-52,69-72H,17-28,37-38H2,1-16H3/t51-,52+. The monoisotopic (exact) mass is 1050 g/mol. The summed E-state index contributed by atoms with van der Waals surface area (Å²) in [6, 6.07) is 15.1. The van der Waals surface area contributed by atoms with Crippen LogP contribution in [0.2, 0.25) is 0 Å². The molecule has 2 atom stereocenters. The van der Waals surface area contributed by atoms with Gasteiger partial charge in [-0.1, -0.05) is 159 Å². The highest BCUT2D eigenvalue weighted by Gasteiger charge is 2.33. The third kappa shape index (κ3) is 17.5. The molecule has 4 aromatic rings. The van der Waals surface area contributed by atoms with E-state index < -0.39 is 49.3 Å². The SMILES string of the molecule is CCc1cc(CCC(=O)OC[C@H](OC(=O)CCc2cc(CC)c(O)c(C(C)(C)C)c2)[C@@H](COC(=O)CCc2cc(CC)c(O)c(C(C)(C)C)c2)OC(=O)CCc2cc(CC)c(O)c(C(C)(C)C)c2)cc(C(C)(C)C)c1O. The van der Waals surface area contributed by atoms with E-state index in [-0.39, 0.29) is 83.2 Å². The van der Waals surface area contributed by atoms with Crippen molar-refractivity contribution < 1.29 is 58.6 Å². The number of hydrogen-bond acceptors (Lipinski definition) is 12. The van der Waals surface area contributed by atoms with E-state index in [1.807, 2.05) is 159 Å². The number of carbonyl (C=O) groups excluding carboxylic acids is 4. The molecule has 0 unspecified atom stereocenters. The van der Waals surface area contributed by atoms with Crippen molar-refractivity contribution >= 4 is 23.9 Å². The van der Waals surface area contributed by atoms with Crippen molar-refractivity contribution in [2.45, 2.75) is 222 Å². The number of hydrogen-bond donors (Lipinski definition) is 4. The molecular formula is C64H90O12. The summed E-state index contributed by atoms with van der Waals surface area (Å²) in [6.45, 7) is 30.9. The summed E-state index contributed by atoms with van der Waals surface area (Å²) in [5.41, 5.74) is 7.92. The molecule has 12 nitrogen and oxygen atoms in total. The van der Waals surface area contributed by atoms with Gasteiger partial charge >= 0.3 is 23.9 Å². The average Bonchev–Trinajstić information content (AvgIpc) is 3.33. The molecule has 4 rings (SSSR count). The molecule has 0 aliphatic rings. The van der Waals surface area contributed by atoms with Crippen molar-refractivity contribution in [3.63, 3.8) is 0 Å². The molecule has 0 bridgehead atoms. The lowest BCUT2D eigenvalue weighted by Gasteiger charge is -2.27. The first-order valence-corrected chi connectivity index (χ1v) is 27.4. The second-order valence-corrected chi connectivity index (χ2v) is 24.4. The van der Waals surface area contributed by atoms with Gasteiger partial charge in [-0.25, -0.2) is 0 Å². The van der Waals surface area contributed by atoms with Crippen LogP contribution >= 0.6 is 0 Å². The van der Waals surface area contributed by atoms with E-state index in [9.17, 15) is 39.6 Å². The zero-order valence-corrected chi connectivity index (χ0v) is 48.7. The van der Waals surface area contributed by atoms with Crippen LogP contribution in [0.15, 0.2) is 48.5 Å². The van der Waals surface area contributed by atoms with Gasteiger partial charge in [0.2, 0.25) is 0 Å². The van der Waals surface area contributed by atoms with Gasteiger partial charge in [-0.3, -0.25) is 19.2 Å². The smallest absolute Gasteiger partial charge is 0.306 e. The van der Waals surface area contributed by atoms with Gasteiger partial charge < -0.3 is 39.4 Å². The van der Waals surface area contributed by atoms with Crippen LogP contribution in [0.4, 0.5) is 0 Å². The van der Waals surface area contributed by atoms with Gasteiger partial charge in [0.15, 0.2) is 12.2 Å². The fraction of sp³-hybridized carbons (Fsp3) is 0.562. The number of rotatable bonds is 23. The van der Waals surface area contributed by atoms with Gasteiger partial charge in [-0.2, -0.15) is 0 Å². The highest BCUT2D eigenvalue weighted by Crippen LogP contribution is 2.39. The number of carbonyl (C=O) groups is 4. The van der Waals surface area contributed by atoms with E-state index in [2.05, 4.69) is 0 Å². The van der Waals surface area contributed by atoms with E-state index in [4.69, 9.17) is 18.9 Å². The van der Waals surface area contributed by atoms with Crippen LogP contribution in [-0.4, -0.2) is 69.7 Å². The molecule has 418 valence electrons. The molecule has 4 N–H and O–H groups in total. The average molecular weight is 1050 g/mol. The van der Waals surface area contributed by atoms with Gasteiger partial charge in [0.05, 0.1) is 0 Å². The van der Waals surface area contributed by atoms with Crippen molar-refractivity contribution in [3.05, 3.63) is 115 Å². The second-order valence-electron chi connectivity index (χ2n) is 24.4. The Labute approximate surface area is 453 Å². The Kier molecular flexibility index (Phi) is 21.7. The first kappa shape index (κ1) is 62.5. The summed E-state index contributed by atoms with van der Waals surface area (Å²) in [5.74, 6) is -1.65. The minimum atomic E-state index is -1.40. The molecule has 0 spiro atoms.